The summed E-state index contributed by atoms with van der Waals surface area (Å²) in [7, 11) is 0. The number of nitrogens with zero attached hydrogens (tertiary/aromatic N) is 1. The number of benzene rings is 3. The van der Waals surface area contributed by atoms with Crippen LogP contribution in [0, 0.1) is 20.8 Å². The number of ketones is 1. The van der Waals surface area contributed by atoms with Crippen LogP contribution < -0.4 is 4.74 Å². The van der Waals surface area contributed by atoms with Gasteiger partial charge in [-0.1, -0.05) is 29.8 Å². The third kappa shape index (κ3) is 4.53. The molecule has 6 rings (SSSR count). The number of fused-ring (bicyclic) bond motifs is 1. The lowest BCUT2D eigenvalue weighted by atomic mass is 9.92. The van der Waals surface area contributed by atoms with E-state index in [1.165, 1.54) is 11.3 Å². The Kier molecular flexibility index (Phi) is 6.04. The summed E-state index contributed by atoms with van der Waals surface area (Å²) in [5, 5.41) is 11.0. The van der Waals surface area contributed by atoms with Gasteiger partial charge in [-0.3, -0.25) is 9.69 Å². The van der Waals surface area contributed by atoms with Crippen molar-refractivity contribution in [1.29, 1.82) is 0 Å². The zero-order chi connectivity index (χ0) is 25.8. The topological polar surface area (TPSA) is 49.8 Å². The molecule has 0 bridgehead atoms. The first-order valence-corrected chi connectivity index (χ1v) is 13.6. The van der Waals surface area contributed by atoms with E-state index >= 15 is 0 Å². The van der Waals surface area contributed by atoms with Crippen molar-refractivity contribution in [2.75, 3.05) is 13.1 Å². The molecule has 0 radical (unpaired) electrons. The van der Waals surface area contributed by atoms with Crippen molar-refractivity contribution in [1.82, 2.24) is 4.90 Å². The summed E-state index contributed by atoms with van der Waals surface area (Å²) in [5.74, 6) is 0.961. The van der Waals surface area contributed by atoms with Gasteiger partial charge in [0.2, 0.25) is 5.78 Å². The van der Waals surface area contributed by atoms with E-state index in [1.807, 2.05) is 63.2 Å². The van der Waals surface area contributed by atoms with Crippen molar-refractivity contribution >= 4 is 27.2 Å². The van der Waals surface area contributed by atoms with Crippen molar-refractivity contribution < 1.29 is 19.0 Å². The number of phenolic OH excluding ortho intramolecular Hbond substituents is 1. The van der Waals surface area contributed by atoms with Crippen molar-refractivity contribution in [3.05, 3.63) is 81.7 Å². The van der Waals surface area contributed by atoms with E-state index in [2.05, 4.69) is 4.90 Å². The summed E-state index contributed by atoms with van der Waals surface area (Å²) in [5.41, 5.74) is 5.61. The van der Waals surface area contributed by atoms with Crippen LogP contribution in [0.1, 0.15) is 44.8 Å². The highest BCUT2D eigenvalue weighted by Gasteiger charge is 2.45. The Labute approximate surface area is 220 Å². The van der Waals surface area contributed by atoms with Gasteiger partial charge in [0.25, 0.3) is 0 Å². The molecule has 0 spiro atoms. The minimum atomic E-state index is -0.676. The van der Waals surface area contributed by atoms with E-state index in [9.17, 15) is 14.3 Å². The summed E-state index contributed by atoms with van der Waals surface area (Å²) in [6, 6.07) is 17.4. The second-order valence-corrected chi connectivity index (χ2v) is 11.5. The molecule has 3 atom stereocenters. The number of likely N-dealkylation sites (tertiary alicyclic amines) is 1. The molecule has 3 aromatic carbocycles. The summed E-state index contributed by atoms with van der Waals surface area (Å²) in [4.78, 5) is 16.8. The maximum absolute atomic E-state index is 14.0. The van der Waals surface area contributed by atoms with Gasteiger partial charge >= 0.3 is 0 Å². The Morgan fingerprint density at radius 3 is 2.43 bits per heavy atom. The Hall–Kier alpha value is -3.22. The van der Waals surface area contributed by atoms with Gasteiger partial charge in [-0.15, -0.1) is 11.3 Å². The van der Waals surface area contributed by atoms with E-state index < -0.39 is 6.17 Å². The van der Waals surface area contributed by atoms with E-state index in [4.69, 9.17) is 4.74 Å². The molecule has 2 fully saturated rings. The largest absolute Gasteiger partial charge is 0.508 e. The molecule has 1 aliphatic carbocycles. The number of rotatable bonds is 6. The molecular weight excluding hydrogens is 485 g/mol. The Morgan fingerprint density at radius 1 is 1.05 bits per heavy atom. The fraction of sp³-hybridized carbons (Fsp3) is 0.323. The number of carbonyl (C=O) groups excluding carboxylic acids is 1. The van der Waals surface area contributed by atoms with Gasteiger partial charge in [0.15, 0.2) is 0 Å². The number of hydrogen-bond donors (Lipinski definition) is 1. The van der Waals surface area contributed by atoms with Gasteiger partial charge in [-0.2, -0.15) is 0 Å². The monoisotopic (exact) mass is 515 g/mol. The van der Waals surface area contributed by atoms with Gasteiger partial charge in [-0.05, 0) is 80.6 Å². The fourth-order valence-electron chi connectivity index (χ4n) is 5.76. The van der Waals surface area contributed by atoms with Crippen LogP contribution in [-0.4, -0.2) is 47.2 Å². The molecule has 1 aromatic heterocycles. The Morgan fingerprint density at radius 2 is 1.76 bits per heavy atom. The first kappa shape index (κ1) is 24.1. The lowest BCUT2D eigenvalue weighted by molar-refractivity contribution is 0.104. The quantitative estimate of drug-likeness (QED) is 0.281. The van der Waals surface area contributed by atoms with Crippen LogP contribution in [0.2, 0.25) is 0 Å². The van der Waals surface area contributed by atoms with Gasteiger partial charge in [0.05, 0.1) is 4.88 Å². The van der Waals surface area contributed by atoms with Crippen LogP contribution in [-0.2, 0) is 0 Å². The molecule has 1 aliphatic heterocycles. The highest BCUT2D eigenvalue weighted by Crippen LogP contribution is 2.42. The highest BCUT2D eigenvalue weighted by molar-refractivity contribution is 7.21. The third-order valence-electron chi connectivity index (χ3n) is 7.56. The second-order valence-electron chi connectivity index (χ2n) is 10.5. The molecule has 4 nitrogen and oxygen atoms in total. The van der Waals surface area contributed by atoms with E-state index in [0.29, 0.717) is 11.3 Å². The van der Waals surface area contributed by atoms with Gasteiger partial charge in [0, 0.05) is 40.3 Å². The van der Waals surface area contributed by atoms with Gasteiger partial charge in [0.1, 0.15) is 23.8 Å². The van der Waals surface area contributed by atoms with Gasteiger partial charge < -0.3 is 9.84 Å². The molecule has 0 amide bonds. The van der Waals surface area contributed by atoms with Crippen molar-refractivity contribution in [3.8, 4) is 22.6 Å². The van der Waals surface area contributed by atoms with Crippen LogP contribution in [0.25, 0.3) is 21.2 Å². The lowest BCUT2D eigenvalue weighted by Crippen LogP contribution is -2.28. The predicted molar refractivity (Wildman–Crippen MR) is 147 cm³/mol. The normalized spacial score (nSPS) is 21.5. The average Bonchev–Trinajstić information content (AvgIpc) is 3.23. The zero-order valence-electron chi connectivity index (χ0n) is 21.3. The number of ether oxygens (including phenoxy) is 1. The predicted octanol–water partition coefficient (Wildman–Crippen LogP) is 6.99. The van der Waals surface area contributed by atoms with E-state index in [-0.39, 0.29) is 23.7 Å². The Balaban J connectivity index is 1.33. The molecule has 1 saturated carbocycles. The number of aryl methyl sites for hydroxylation is 3. The summed E-state index contributed by atoms with van der Waals surface area (Å²) >= 11 is 1.42. The minimum absolute atomic E-state index is 0.00306. The van der Waals surface area contributed by atoms with Crippen molar-refractivity contribution in [2.45, 2.75) is 51.9 Å². The molecule has 4 aromatic rings. The summed E-state index contributed by atoms with van der Waals surface area (Å²) < 4.78 is 20.5. The maximum atomic E-state index is 14.0. The second kappa shape index (κ2) is 9.26. The number of hydrogen-bond acceptors (Lipinski definition) is 5. The third-order valence-corrected chi connectivity index (χ3v) is 8.71. The number of thiophene rings is 1. The van der Waals surface area contributed by atoms with Crippen LogP contribution in [0.5, 0.6) is 11.5 Å². The molecule has 190 valence electrons. The first-order valence-electron chi connectivity index (χ1n) is 12.8. The lowest BCUT2D eigenvalue weighted by Gasteiger charge is -2.16. The van der Waals surface area contributed by atoms with Crippen LogP contribution >= 0.6 is 11.3 Å². The molecule has 1 N–H and O–H groups in total. The molecule has 2 unspecified atom stereocenters. The highest BCUT2D eigenvalue weighted by atomic mass is 32.1. The fourth-order valence-corrected chi connectivity index (χ4v) is 6.96. The van der Waals surface area contributed by atoms with Crippen LogP contribution in [0.15, 0.2) is 54.6 Å². The minimum Gasteiger partial charge on any atom is -0.508 e. The van der Waals surface area contributed by atoms with Gasteiger partial charge in [-0.25, -0.2) is 4.39 Å². The molecule has 2 aliphatic rings. The molecule has 1 saturated heterocycles. The smallest absolute Gasteiger partial charge is 0.204 e. The Bertz CT molecular complexity index is 1490. The number of alkyl halides is 1. The van der Waals surface area contributed by atoms with Crippen molar-refractivity contribution in [2.24, 2.45) is 0 Å². The SMILES string of the molecule is Cc1cc(C)c(C(=O)c2sc3cc(O)ccc3c2-c2ccc(O[C@H]3CCN(C4CC4F)C3)cc2)c(C)c1. The summed E-state index contributed by atoms with van der Waals surface area (Å²) in [6.07, 6.45) is 0.937. The first-order chi connectivity index (χ1) is 17.8. The average molecular weight is 516 g/mol. The summed E-state index contributed by atoms with van der Waals surface area (Å²) in [6.45, 7) is 7.65. The van der Waals surface area contributed by atoms with Crippen molar-refractivity contribution in [3.63, 3.8) is 0 Å². The van der Waals surface area contributed by atoms with Crippen LogP contribution in [0.3, 0.4) is 0 Å². The van der Waals surface area contributed by atoms with Crippen LogP contribution in [0.4, 0.5) is 4.39 Å². The maximum Gasteiger partial charge on any atom is 0.204 e. The number of phenols is 1. The number of aromatic hydroxyl groups is 1. The standard InChI is InChI=1S/C31H30FNO3S/c1-17-12-18(2)28(19(3)13-17)30(35)31-29(24-9-6-21(34)14-27(24)37-31)20-4-7-22(8-5-20)36-23-10-11-33(16-23)26-15-25(26)32/h4-9,12-14,23,25-26,34H,10-11,15-16H2,1-3H3/t23-,25?,26?/m0/s1. The van der Waals surface area contributed by atoms with E-state index in [1.54, 1.807) is 12.1 Å². The molecule has 2 heterocycles. The number of halogens is 1. The molecule has 37 heavy (non-hydrogen) atoms. The molecule has 6 heteroatoms. The zero-order valence-corrected chi connectivity index (χ0v) is 22.1. The molecular formula is C31H30FNO3S. The van der Waals surface area contributed by atoms with E-state index in [0.717, 1.165) is 68.7 Å². The number of carbonyl (C=O) groups is 1.